The Morgan fingerprint density at radius 2 is 2.07 bits per heavy atom. The fourth-order valence-electron chi connectivity index (χ4n) is 4.16. The zero-order valence-corrected chi connectivity index (χ0v) is 17.6. The van der Waals surface area contributed by atoms with Crippen LogP contribution < -0.4 is 5.32 Å². The molecular formula is C23H31N3O2. The van der Waals surface area contributed by atoms with Crippen LogP contribution in [0.1, 0.15) is 67.0 Å². The Labute approximate surface area is 167 Å². The van der Waals surface area contributed by atoms with E-state index in [-0.39, 0.29) is 23.5 Å². The van der Waals surface area contributed by atoms with Crippen molar-refractivity contribution >= 4 is 11.7 Å². The molecule has 2 aromatic heterocycles. The van der Waals surface area contributed by atoms with Gasteiger partial charge in [0.1, 0.15) is 0 Å². The molecule has 1 N–H and O–H groups in total. The first-order chi connectivity index (χ1) is 13.2. The molecule has 150 valence electrons. The van der Waals surface area contributed by atoms with E-state index in [1.165, 1.54) is 0 Å². The minimum Gasteiger partial charge on any atom is -0.352 e. The lowest BCUT2D eigenvalue weighted by Crippen LogP contribution is -2.29. The average molecular weight is 382 g/mol. The van der Waals surface area contributed by atoms with Gasteiger partial charge in [0.2, 0.25) is 5.91 Å². The number of aromatic nitrogens is 2. The maximum Gasteiger partial charge on any atom is 0.224 e. The Hall–Kier alpha value is -2.43. The van der Waals surface area contributed by atoms with Gasteiger partial charge >= 0.3 is 0 Å². The monoisotopic (exact) mass is 381 g/mol. The molecule has 0 aliphatic heterocycles. The normalized spacial score (nSPS) is 15.6. The van der Waals surface area contributed by atoms with E-state index in [1.54, 1.807) is 12.4 Å². The molecule has 1 aliphatic carbocycles. The van der Waals surface area contributed by atoms with Crippen LogP contribution in [0.15, 0.2) is 24.5 Å². The van der Waals surface area contributed by atoms with Crippen molar-refractivity contribution in [3.63, 3.8) is 0 Å². The number of Topliss-reactive ketones (excluding diaryl/α,β-unsaturated/α-hetero) is 1. The van der Waals surface area contributed by atoms with Crippen molar-refractivity contribution in [2.24, 2.45) is 11.3 Å². The topological polar surface area (TPSA) is 64.0 Å². The van der Waals surface area contributed by atoms with Gasteiger partial charge in [0, 0.05) is 48.9 Å². The van der Waals surface area contributed by atoms with E-state index < -0.39 is 0 Å². The molecule has 5 nitrogen and oxygen atoms in total. The van der Waals surface area contributed by atoms with Gasteiger partial charge in [-0.15, -0.1) is 0 Å². The summed E-state index contributed by atoms with van der Waals surface area (Å²) in [5, 5.41) is 2.96. The number of nitrogens with zero attached hydrogens (tertiary/aromatic N) is 2. The third-order valence-corrected chi connectivity index (χ3v) is 5.42. The summed E-state index contributed by atoms with van der Waals surface area (Å²) in [5.41, 5.74) is 4.80. The molecule has 0 bridgehead atoms. The quantitative estimate of drug-likeness (QED) is 0.826. The summed E-state index contributed by atoms with van der Waals surface area (Å²) in [6.07, 6.45) is 5.11. The third kappa shape index (κ3) is 4.34. The molecular weight excluding hydrogens is 350 g/mol. The maximum absolute atomic E-state index is 13.0. The second kappa shape index (κ2) is 7.90. The first-order valence-electron chi connectivity index (χ1n) is 10.1. The Kier molecular flexibility index (Phi) is 5.73. The number of fused-ring (bicyclic) bond motifs is 1. The van der Waals surface area contributed by atoms with Crippen molar-refractivity contribution in [2.75, 3.05) is 0 Å². The maximum atomic E-state index is 13.0. The van der Waals surface area contributed by atoms with E-state index in [0.29, 0.717) is 18.9 Å². The van der Waals surface area contributed by atoms with Crippen molar-refractivity contribution in [1.82, 2.24) is 14.9 Å². The molecule has 0 spiro atoms. The first-order valence-corrected chi connectivity index (χ1v) is 10.1. The van der Waals surface area contributed by atoms with Gasteiger partial charge in [0.25, 0.3) is 0 Å². The highest BCUT2D eigenvalue weighted by Crippen LogP contribution is 2.39. The predicted molar refractivity (Wildman–Crippen MR) is 110 cm³/mol. The first kappa shape index (κ1) is 20.3. The molecule has 0 atom stereocenters. The summed E-state index contributed by atoms with van der Waals surface area (Å²) in [5.74, 6) is 0.587. The van der Waals surface area contributed by atoms with E-state index >= 15 is 0 Å². The largest absolute Gasteiger partial charge is 0.352 e. The van der Waals surface area contributed by atoms with Gasteiger partial charge < -0.3 is 9.88 Å². The van der Waals surface area contributed by atoms with Crippen LogP contribution in [0.3, 0.4) is 0 Å². The van der Waals surface area contributed by atoms with Gasteiger partial charge in [-0.25, -0.2) is 0 Å². The van der Waals surface area contributed by atoms with Crippen molar-refractivity contribution in [3.8, 4) is 0 Å². The molecule has 0 saturated carbocycles. The highest BCUT2D eigenvalue weighted by molar-refractivity contribution is 6.01. The van der Waals surface area contributed by atoms with Crippen LogP contribution in [0.5, 0.6) is 0 Å². The molecule has 1 amide bonds. The number of hydrogen-bond donors (Lipinski definition) is 1. The molecule has 0 saturated heterocycles. The molecule has 0 unspecified atom stereocenters. The lowest BCUT2D eigenvalue weighted by atomic mass is 9.75. The second-order valence-corrected chi connectivity index (χ2v) is 9.15. The Morgan fingerprint density at radius 1 is 1.32 bits per heavy atom. The summed E-state index contributed by atoms with van der Waals surface area (Å²) in [7, 11) is 0. The Balaban J connectivity index is 1.87. The van der Waals surface area contributed by atoms with Gasteiger partial charge in [0.05, 0.1) is 6.42 Å². The van der Waals surface area contributed by atoms with Crippen LogP contribution in [0.25, 0.3) is 0 Å². The van der Waals surface area contributed by atoms with Gasteiger partial charge in [-0.2, -0.15) is 0 Å². The van der Waals surface area contributed by atoms with Crippen molar-refractivity contribution in [2.45, 2.75) is 67.0 Å². The van der Waals surface area contributed by atoms with Crippen LogP contribution in [0, 0.1) is 18.3 Å². The number of nitrogens with one attached hydrogen (secondary N) is 1. The summed E-state index contributed by atoms with van der Waals surface area (Å²) in [4.78, 5) is 29.7. The minimum absolute atomic E-state index is 0.0382. The highest BCUT2D eigenvalue weighted by atomic mass is 16.1. The molecule has 0 fully saturated rings. The summed E-state index contributed by atoms with van der Waals surface area (Å²) < 4.78 is 2.28. The zero-order valence-electron chi connectivity index (χ0n) is 17.6. The minimum atomic E-state index is -0.0610. The predicted octanol–water partition coefficient (Wildman–Crippen LogP) is 3.86. The fraction of sp³-hybridized carbons (Fsp3) is 0.522. The van der Waals surface area contributed by atoms with Gasteiger partial charge in [-0.3, -0.25) is 14.6 Å². The van der Waals surface area contributed by atoms with E-state index in [0.717, 1.165) is 41.0 Å². The van der Waals surface area contributed by atoms with E-state index in [2.05, 4.69) is 42.6 Å². The molecule has 0 aromatic carbocycles. The van der Waals surface area contributed by atoms with Crippen LogP contribution in [0.4, 0.5) is 0 Å². The van der Waals surface area contributed by atoms with Crippen molar-refractivity contribution < 1.29 is 9.59 Å². The SMILES string of the molecule is Cc1c(CC(=O)NCc2cccnc2)c2c(n1CC(C)C)CC(C)(C)CC2=O. The van der Waals surface area contributed by atoms with Crippen LogP contribution in [-0.4, -0.2) is 21.2 Å². The number of carbonyl (C=O) groups excluding carboxylic acids is 2. The van der Waals surface area contributed by atoms with E-state index in [4.69, 9.17) is 0 Å². The van der Waals surface area contributed by atoms with E-state index in [1.807, 2.05) is 19.1 Å². The van der Waals surface area contributed by atoms with Crippen LogP contribution >= 0.6 is 0 Å². The fourth-order valence-corrected chi connectivity index (χ4v) is 4.16. The number of hydrogen-bond acceptors (Lipinski definition) is 3. The number of ketones is 1. The lowest BCUT2D eigenvalue weighted by molar-refractivity contribution is -0.120. The number of rotatable bonds is 6. The number of carbonyl (C=O) groups is 2. The Bertz CT molecular complexity index is 879. The van der Waals surface area contributed by atoms with Crippen LogP contribution in [-0.2, 0) is 30.7 Å². The lowest BCUT2D eigenvalue weighted by Gasteiger charge is -2.30. The van der Waals surface area contributed by atoms with Gasteiger partial charge in [-0.1, -0.05) is 33.8 Å². The standard InChI is InChI=1S/C23H31N3O2/c1-15(2)14-26-16(3)18(22-19(26)10-23(4,5)11-20(22)27)9-21(28)25-13-17-7-6-8-24-12-17/h6-8,12,15H,9-11,13-14H2,1-5H3,(H,25,28). The van der Waals surface area contributed by atoms with Crippen LogP contribution in [0.2, 0.25) is 0 Å². The molecule has 1 aliphatic rings. The molecule has 3 rings (SSSR count). The second-order valence-electron chi connectivity index (χ2n) is 9.15. The highest BCUT2D eigenvalue weighted by Gasteiger charge is 2.37. The summed E-state index contributed by atoms with van der Waals surface area (Å²) in [6, 6.07) is 3.79. The summed E-state index contributed by atoms with van der Waals surface area (Å²) in [6.45, 7) is 12.0. The number of amides is 1. The molecule has 28 heavy (non-hydrogen) atoms. The molecule has 5 heteroatoms. The number of pyridine rings is 1. The molecule has 2 aromatic rings. The summed E-state index contributed by atoms with van der Waals surface area (Å²) >= 11 is 0. The molecule has 2 heterocycles. The van der Waals surface area contributed by atoms with Gasteiger partial charge in [-0.05, 0) is 41.9 Å². The average Bonchev–Trinajstić information content (AvgIpc) is 2.85. The van der Waals surface area contributed by atoms with Gasteiger partial charge in [0.15, 0.2) is 5.78 Å². The molecule has 0 radical (unpaired) electrons. The zero-order chi connectivity index (χ0) is 20.5. The smallest absolute Gasteiger partial charge is 0.224 e. The van der Waals surface area contributed by atoms with Crippen molar-refractivity contribution in [3.05, 3.63) is 52.6 Å². The third-order valence-electron chi connectivity index (χ3n) is 5.42. The van der Waals surface area contributed by atoms with Crippen molar-refractivity contribution in [1.29, 1.82) is 0 Å². The Morgan fingerprint density at radius 3 is 2.71 bits per heavy atom. The van der Waals surface area contributed by atoms with E-state index in [9.17, 15) is 9.59 Å².